The van der Waals surface area contributed by atoms with E-state index in [1.165, 1.54) is 17.6 Å². The molecule has 0 saturated carbocycles. The van der Waals surface area contributed by atoms with Gasteiger partial charge in [-0.1, -0.05) is 0 Å². The minimum Gasteiger partial charge on any atom is -0.467 e. The summed E-state index contributed by atoms with van der Waals surface area (Å²) in [4.78, 5) is 14.0. The van der Waals surface area contributed by atoms with Gasteiger partial charge in [0.15, 0.2) is 6.04 Å². The molecule has 160 valence electrons. The normalized spacial score (nSPS) is 19.9. The molecule has 0 fully saturated rings. The van der Waals surface area contributed by atoms with Gasteiger partial charge in [0.05, 0.1) is 24.1 Å². The zero-order chi connectivity index (χ0) is 21.8. The maximum absolute atomic E-state index is 13.7. The Morgan fingerprint density at radius 2 is 2.26 bits per heavy atom. The van der Waals surface area contributed by atoms with Gasteiger partial charge in [-0.15, -0.1) is 11.3 Å². The van der Waals surface area contributed by atoms with Gasteiger partial charge in [-0.3, -0.25) is 4.79 Å². The van der Waals surface area contributed by atoms with Crippen molar-refractivity contribution in [3.63, 3.8) is 0 Å². The SMILES string of the molecule is N#Cc1c(NC(=O)c2cnn3c2N[C@@H](c2ccco2)C[C@H]3C(F)(F)F)sc2c1CCC2. The third-order valence-corrected chi connectivity index (χ3v) is 6.84. The summed E-state index contributed by atoms with van der Waals surface area (Å²) >= 11 is 1.34. The number of aryl methyl sites for hydroxylation is 1. The fraction of sp³-hybridized carbons (Fsp3) is 0.350. The van der Waals surface area contributed by atoms with E-state index < -0.39 is 24.2 Å². The number of amides is 1. The molecule has 0 aromatic carbocycles. The number of furan rings is 1. The first-order valence-corrected chi connectivity index (χ1v) is 10.5. The van der Waals surface area contributed by atoms with Crippen LogP contribution in [0.25, 0.3) is 0 Å². The van der Waals surface area contributed by atoms with Crippen molar-refractivity contribution in [2.45, 2.75) is 43.9 Å². The second kappa shape index (κ2) is 7.16. The molecule has 2 atom stereocenters. The minimum absolute atomic E-state index is 0.0250. The number of aromatic nitrogens is 2. The van der Waals surface area contributed by atoms with Gasteiger partial charge < -0.3 is 15.1 Å². The van der Waals surface area contributed by atoms with Crippen molar-refractivity contribution in [1.82, 2.24) is 9.78 Å². The van der Waals surface area contributed by atoms with E-state index in [4.69, 9.17) is 4.42 Å². The molecular formula is C20H16F3N5O2S. The van der Waals surface area contributed by atoms with E-state index in [0.717, 1.165) is 40.6 Å². The third kappa shape index (κ3) is 3.27. The smallest absolute Gasteiger partial charge is 0.410 e. The number of fused-ring (bicyclic) bond motifs is 2. The third-order valence-electron chi connectivity index (χ3n) is 5.63. The lowest BCUT2D eigenvalue weighted by atomic mass is 10.0. The van der Waals surface area contributed by atoms with E-state index in [1.54, 1.807) is 12.1 Å². The molecule has 1 aliphatic heterocycles. The van der Waals surface area contributed by atoms with Gasteiger partial charge in [0.25, 0.3) is 5.91 Å². The summed E-state index contributed by atoms with van der Waals surface area (Å²) in [5.74, 6) is -0.309. The van der Waals surface area contributed by atoms with Crippen LogP contribution in [0.15, 0.2) is 29.0 Å². The number of nitriles is 1. The molecule has 0 radical (unpaired) electrons. The van der Waals surface area contributed by atoms with Crippen LogP contribution in [0.4, 0.5) is 24.0 Å². The largest absolute Gasteiger partial charge is 0.467 e. The van der Waals surface area contributed by atoms with Gasteiger partial charge in [0.2, 0.25) is 0 Å². The number of thiophene rings is 1. The van der Waals surface area contributed by atoms with Crippen molar-refractivity contribution in [3.05, 3.63) is 51.9 Å². The molecule has 1 amide bonds. The Labute approximate surface area is 178 Å². The number of nitrogens with one attached hydrogen (secondary N) is 2. The summed E-state index contributed by atoms with van der Waals surface area (Å²) in [7, 11) is 0. The van der Waals surface area contributed by atoms with Crippen molar-refractivity contribution in [1.29, 1.82) is 5.26 Å². The summed E-state index contributed by atoms with van der Waals surface area (Å²) in [6.45, 7) is 0. The van der Waals surface area contributed by atoms with E-state index in [9.17, 15) is 23.2 Å². The highest BCUT2D eigenvalue weighted by Gasteiger charge is 2.47. The Balaban J connectivity index is 1.49. The van der Waals surface area contributed by atoms with E-state index in [-0.39, 0.29) is 17.8 Å². The van der Waals surface area contributed by atoms with E-state index >= 15 is 0 Å². The first kappa shape index (κ1) is 19.7. The molecule has 3 aromatic rings. The Morgan fingerprint density at radius 3 is 2.97 bits per heavy atom. The van der Waals surface area contributed by atoms with Crippen LogP contribution >= 0.6 is 11.3 Å². The Kier molecular flexibility index (Phi) is 4.55. The van der Waals surface area contributed by atoms with Gasteiger partial charge in [-0.2, -0.15) is 23.5 Å². The van der Waals surface area contributed by atoms with Gasteiger partial charge in [0.1, 0.15) is 28.2 Å². The highest BCUT2D eigenvalue weighted by Crippen LogP contribution is 2.45. The molecule has 5 rings (SSSR count). The topological polar surface area (TPSA) is 95.9 Å². The summed E-state index contributed by atoms with van der Waals surface area (Å²) in [5.41, 5.74) is 1.36. The predicted molar refractivity (Wildman–Crippen MR) is 106 cm³/mol. The Morgan fingerprint density at radius 1 is 1.42 bits per heavy atom. The average Bonchev–Trinajstić information content (AvgIpc) is 3.49. The second-order valence-corrected chi connectivity index (χ2v) is 8.59. The second-order valence-electron chi connectivity index (χ2n) is 7.48. The first-order chi connectivity index (χ1) is 14.9. The molecule has 0 spiro atoms. The van der Waals surface area contributed by atoms with Gasteiger partial charge in [-0.25, -0.2) is 4.68 Å². The average molecular weight is 447 g/mol. The molecule has 0 bridgehead atoms. The maximum Gasteiger partial charge on any atom is 0.410 e. The number of anilines is 2. The highest BCUT2D eigenvalue weighted by molar-refractivity contribution is 7.16. The summed E-state index contributed by atoms with van der Waals surface area (Å²) in [5, 5.41) is 19.5. The number of hydrogen-bond donors (Lipinski definition) is 2. The fourth-order valence-electron chi connectivity index (χ4n) is 4.19. The van der Waals surface area contributed by atoms with Crippen molar-refractivity contribution in [3.8, 4) is 6.07 Å². The number of rotatable bonds is 3. The van der Waals surface area contributed by atoms with Gasteiger partial charge >= 0.3 is 6.18 Å². The first-order valence-electron chi connectivity index (χ1n) is 9.67. The molecule has 4 heterocycles. The molecule has 7 nitrogen and oxygen atoms in total. The molecule has 0 unspecified atom stereocenters. The van der Waals surface area contributed by atoms with Crippen LogP contribution in [0.3, 0.4) is 0 Å². The number of carbonyl (C=O) groups is 1. The van der Waals surface area contributed by atoms with Gasteiger partial charge in [0, 0.05) is 11.3 Å². The van der Waals surface area contributed by atoms with Crippen molar-refractivity contribution < 1.29 is 22.4 Å². The summed E-state index contributed by atoms with van der Waals surface area (Å²) in [6, 6.07) is 2.65. The molecular weight excluding hydrogens is 431 g/mol. The van der Waals surface area contributed by atoms with Crippen LogP contribution in [0.1, 0.15) is 57.0 Å². The van der Waals surface area contributed by atoms with Crippen molar-refractivity contribution >= 4 is 28.1 Å². The monoisotopic (exact) mass is 447 g/mol. The van der Waals surface area contributed by atoms with E-state index in [1.807, 2.05) is 0 Å². The number of carbonyl (C=O) groups excluding carboxylic acids is 1. The molecule has 3 aromatic heterocycles. The molecule has 31 heavy (non-hydrogen) atoms. The lowest BCUT2D eigenvalue weighted by molar-refractivity contribution is -0.174. The standard InChI is InChI=1S/C20H16F3N5O2S/c21-20(22,23)16-7-13(14-4-2-6-30-14)26-17-12(9-25-28(16)17)18(29)27-19-11(8-24)10-3-1-5-15(10)31-19/h2,4,6,9,13,16,26H,1,3,5,7H2,(H,27,29)/t13-,16+/m1/s1. The number of hydrogen-bond acceptors (Lipinski definition) is 6. The zero-order valence-corrected chi connectivity index (χ0v) is 16.8. The van der Waals surface area contributed by atoms with E-state index in [2.05, 4.69) is 21.8 Å². The zero-order valence-electron chi connectivity index (χ0n) is 16.0. The molecule has 11 heteroatoms. The van der Waals surface area contributed by atoms with Crippen molar-refractivity contribution in [2.75, 3.05) is 10.6 Å². The van der Waals surface area contributed by atoms with Crippen LogP contribution in [-0.4, -0.2) is 21.9 Å². The van der Waals surface area contributed by atoms with Crippen LogP contribution in [0.2, 0.25) is 0 Å². The maximum atomic E-state index is 13.7. The van der Waals surface area contributed by atoms with Crippen molar-refractivity contribution in [2.24, 2.45) is 0 Å². The Hall–Kier alpha value is -3.26. The summed E-state index contributed by atoms with van der Waals surface area (Å²) < 4.78 is 47.3. The van der Waals surface area contributed by atoms with Crippen LogP contribution in [0, 0.1) is 11.3 Å². The predicted octanol–water partition coefficient (Wildman–Crippen LogP) is 4.81. The highest BCUT2D eigenvalue weighted by atomic mass is 32.1. The number of halogens is 3. The molecule has 2 aliphatic rings. The van der Waals surface area contributed by atoms with Crippen LogP contribution in [-0.2, 0) is 12.8 Å². The minimum atomic E-state index is -4.55. The lowest BCUT2D eigenvalue weighted by Gasteiger charge is -2.32. The molecule has 2 N–H and O–H groups in total. The van der Waals surface area contributed by atoms with E-state index in [0.29, 0.717) is 16.3 Å². The molecule has 0 saturated heterocycles. The number of nitrogens with zero attached hydrogens (tertiary/aromatic N) is 3. The quantitative estimate of drug-likeness (QED) is 0.601. The lowest BCUT2D eigenvalue weighted by Crippen LogP contribution is -2.36. The fourth-order valence-corrected chi connectivity index (χ4v) is 5.42. The Bertz CT molecular complexity index is 1190. The van der Waals surface area contributed by atoms with Gasteiger partial charge in [-0.05, 0) is 37.0 Å². The van der Waals surface area contributed by atoms with Crippen LogP contribution in [0.5, 0.6) is 0 Å². The molecule has 1 aliphatic carbocycles. The van der Waals surface area contributed by atoms with Crippen LogP contribution < -0.4 is 10.6 Å². The summed E-state index contributed by atoms with van der Waals surface area (Å²) in [6.07, 6.45) is 0.249. The number of alkyl halides is 3.